The van der Waals surface area contributed by atoms with Gasteiger partial charge in [0.2, 0.25) is 0 Å². The summed E-state index contributed by atoms with van der Waals surface area (Å²) in [5.74, 6) is -0.0801. The average molecular weight is 346 g/mol. The van der Waals surface area contributed by atoms with Crippen LogP contribution in [0.4, 0.5) is 4.79 Å². The van der Waals surface area contributed by atoms with Crippen LogP contribution < -0.4 is 0 Å². The van der Waals surface area contributed by atoms with E-state index in [2.05, 4.69) is 0 Å². The molecular formula is C16H21Cl2NO3. The van der Waals surface area contributed by atoms with Crippen molar-refractivity contribution in [3.05, 3.63) is 33.8 Å². The Kier molecular flexibility index (Phi) is 5.25. The largest absolute Gasteiger partial charge is 0.444 e. The number of carbonyl (C=O) groups is 1. The smallest absolute Gasteiger partial charge is 0.410 e. The zero-order valence-electron chi connectivity index (χ0n) is 13.0. The summed E-state index contributed by atoms with van der Waals surface area (Å²) in [6, 6.07) is 5.02. The molecule has 1 amide bonds. The van der Waals surface area contributed by atoms with Gasteiger partial charge in [-0.05, 0) is 45.4 Å². The molecule has 0 aliphatic carbocycles. The minimum absolute atomic E-state index is 0.0801. The first kappa shape index (κ1) is 17.4. The van der Waals surface area contributed by atoms with E-state index in [1.807, 2.05) is 20.8 Å². The molecule has 4 nitrogen and oxygen atoms in total. The summed E-state index contributed by atoms with van der Waals surface area (Å²) >= 11 is 12.1. The Bertz CT molecular complexity index is 557. The summed E-state index contributed by atoms with van der Waals surface area (Å²) in [7, 11) is 0. The molecule has 2 unspecified atom stereocenters. The lowest BCUT2D eigenvalue weighted by Gasteiger charge is -2.25. The van der Waals surface area contributed by atoms with Crippen molar-refractivity contribution in [1.82, 2.24) is 4.90 Å². The Balaban J connectivity index is 2.03. The highest BCUT2D eigenvalue weighted by Gasteiger charge is 2.34. The summed E-state index contributed by atoms with van der Waals surface area (Å²) in [5.41, 5.74) is 0.0783. The van der Waals surface area contributed by atoms with E-state index >= 15 is 0 Å². The predicted octanol–water partition coefficient (Wildman–Crippen LogP) is 4.28. The van der Waals surface area contributed by atoms with Gasteiger partial charge >= 0.3 is 6.09 Å². The molecule has 0 radical (unpaired) electrons. The third-order valence-corrected chi connectivity index (χ3v) is 4.18. The quantitative estimate of drug-likeness (QED) is 0.869. The van der Waals surface area contributed by atoms with Crippen molar-refractivity contribution in [3.8, 4) is 0 Å². The maximum absolute atomic E-state index is 12.1. The van der Waals surface area contributed by atoms with E-state index in [4.69, 9.17) is 27.9 Å². The second-order valence-electron chi connectivity index (χ2n) is 6.59. The summed E-state index contributed by atoms with van der Waals surface area (Å²) in [4.78, 5) is 13.7. The van der Waals surface area contributed by atoms with Crippen LogP contribution in [-0.2, 0) is 4.74 Å². The van der Waals surface area contributed by atoms with Gasteiger partial charge in [-0.25, -0.2) is 4.79 Å². The van der Waals surface area contributed by atoms with E-state index in [1.54, 1.807) is 23.1 Å². The van der Waals surface area contributed by atoms with Crippen molar-refractivity contribution in [2.45, 2.75) is 38.9 Å². The first-order chi connectivity index (χ1) is 10.2. The molecule has 122 valence electrons. The molecule has 2 rings (SSSR count). The number of hydrogen-bond donors (Lipinski definition) is 1. The van der Waals surface area contributed by atoms with Gasteiger partial charge in [0, 0.05) is 34.6 Å². The third kappa shape index (κ3) is 4.28. The standard InChI is InChI=1S/C16H21Cl2NO3/c1-16(2,3)22-15(21)19-7-6-10(9-19)14(20)12-8-11(17)4-5-13(12)18/h4-5,8,10,14,20H,6-7,9H2,1-3H3. The molecular weight excluding hydrogens is 325 g/mol. The molecule has 1 N–H and O–H groups in total. The fourth-order valence-corrected chi connectivity index (χ4v) is 2.94. The van der Waals surface area contributed by atoms with E-state index < -0.39 is 11.7 Å². The minimum Gasteiger partial charge on any atom is -0.444 e. The van der Waals surface area contributed by atoms with Crippen LogP contribution >= 0.6 is 23.2 Å². The van der Waals surface area contributed by atoms with Crippen LogP contribution in [-0.4, -0.2) is 34.8 Å². The van der Waals surface area contributed by atoms with Crippen molar-refractivity contribution < 1.29 is 14.6 Å². The Morgan fingerprint density at radius 3 is 2.73 bits per heavy atom. The van der Waals surface area contributed by atoms with E-state index in [-0.39, 0.29) is 12.0 Å². The van der Waals surface area contributed by atoms with Gasteiger partial charge in [-0.3, -0.25) is 0 Å². The molecule has 1 aromatic rings. The molecule has 1 aliphatic heterocycles. The molecule has 1 fully saturated rings. The van der Waals surface area contributed by atoms with Gasteiger partial charge < -0.3 is 14.7 Å². The van der Waals surface area contributed by atoms with E-state index in [0.717, 1.165) is 0 Å². The van der Waals surface area contributed by atoms with E-state index in [0.29, 0.717) is 35.1 Å². The van der Waals surface area contributed by atoms with Gasteiger partial charge in [0.1, 0.15) is 5.60 Å². The summed E-state index contributed by atoms with van der Waals surface area (Å²) in [6.07, 6.45) is -0.401. The molecule has 0 saturated carbocycles. The van der Waals surface area contributed by atoms with Crippen LogP contribution in [0.5, 0.6) is 0 Å². The first-order valence-corrected chi connectivity index (χ1v) is 8.04. The molecule has 2 atom stereocenters. The van der Waals surface area contributed by atoms with Crippen LogP contribution in [0.1, 0.15) is 38.9 Å². The zero-order chi connectivity index (χ0) is 16.5. The highest BCUT2D eigenvalue weighted by molar-refractivity contribution is 6.33. The van der Waals surface area contributed by atoms with Gasteiger partial charge in [0.25, 0.3) is 0 Å². The molecule has 0 aromatic heterocycles. The fourth-order valence-electron chi connectivity index (χ4n) is 2.53. The van der Waals surface area contributed by atoms with Crippen LogP contribution in [0, 0.1) is 5.92 Å². The van der Waals surface area contributed by atoms with Gasteiger partial charge in [-0.1, -0.05) is 23.2 Å². The minimum atomic E-state index is -0.751. The fraction of sp³-hybridized carbons (Fsp3) is 0.562. The molecule has 0 bridgehead atoms. The maximum atomic E-state index is 12.1. The van der Waals surface area contributed by atoms with Crippen molar-refractivity contribution in [3.63, 3.8) is 0 Å². The first-order valence-electron chi connectivity index (χ1n) is 7.28. The third-order valence-electron chi connectivity index (χ3n) is 3.60. The van der Waals surface area contributed by atoms with Crippen molar-refractivity contribution >= 4 is 29.3 Å². The second-order valence-corrected chi connectivity index (χ2v) is 7.43. The second kappa shape index (κ2) is 6.65. The number of likely N-dealkylation sites (tertiary alicyclic amines) is 1. The van der Waals surface area contributed by atoms with E-state index in [9.17, 15) is 9.90 Å². The predicted molar refractivity (Wildman–Crippen MR) is 87.3 cm³/mol. The number of hydrogen-bond acceptors (Lipinski definition) is 3. The molecule has 6 heteroatoms. The molecule has 1 saturated heterocycles. The number of nitrogens with zero attached hydrogens (tertiary/aromatic N) is 1. The number of aliphatic hydroxyl groups excluding tert-OH is 1. The summed E-state index contributed by atoms with van der Waals surface area (Å²) in [6.45, 7) is 6.50. The SMILES string of the molecule is CC(C)(C)OC(=O)N1CCC(C(O)c2cc(Cl)ccc2Cl)C1. The monoisotopic (exact) mass is 345 g/mol. The highest BCUT2D eigenvalue weighted by Crippen LogP contribution is 2.35. The number of rotatable bonds is 2. The number of amides is 1. The lowest BCUT2D eigenvalue weighted by molar-refractivity contribution is 0.0268. The van der Waals surface area contributed by atoms with Gasteiger partial charge in [-0.15, -0.1) is 0 Å². The van der Waals surface area contributed by atoms with Crippen LogP contribution in [0.2, 0.25) is 10.0 Å². The van der Waals surface area contributed by atoms with Crippen molar-refractivity contribution in [2.75, 3.05) is 13.1 Å². The Labute approximate surface area is 141 Å². The molecule has 22 heavy (non-hydrogen) atoms. The zero-order valence-corrected chi connectivity index (χ0v) is 14.5. The van der Waals surface area contributed by atoms with Gasteiger partial charge in [0.15, 0.2) is 0 Å². The number of halogens is 2. The van der Waals surface area contributed by atoms with E-state index in [1.165, 1.54) is 0 Å². The van der Waals surface area contributed by atoms with Crippen molar-refractivity contribution in [2.24, 2.45) is 5.92 Å². The summed E-state index contributed by atoms with van der Waals surface area (Å²) in [5, 5.41) is 11.5. The molecule has 1 aromatic carbocycles. The van der Waals surface area contributed by atoms with Crippen molar-refractivity contribution in [1.29, 1.82) is 0 Å². The topological polar surface area (TPSA) is 49.8 Å². The maximum Gasteiger partial charge on any atom is 0.410 e. The Hall–Kier alpha value is -0.970. The van der Waals surface area contributed by atoms with Gasteiger partial charge in [-0.2, -0.15) is 0 Å². The lowest BCUT2D eigenvalue weighted by atomic mass is 9.95. The van der Waals surface area contributed by atoms with Crippen LogP contribution in [0.15, 0.2) is 18.2 Å². The Morgan fingerprint density at radius 1 is 1.41 bits per heavy atom. The number of ether oxygens (including phenoxy) is 1. The normalized spacial score (nSPS) is 20.1. The summed E-state index contributed by atoms with van der Waals surface area (Å²) < 4.78 is 5.36. The molecule has 0 spiro atoms. The molecule has 1 aliphatic rings. The number of aliphatic hydroxyl groups is 1. The Morgan fingerprint density at radius 2 is 2.09 bits per heavy atom. The number of benzene rings is 1. The van der Waals surface area contributed by atoms with Crippen LogP contribution in [0.3, 0.4) is 0 Å². The van der Waals surface area contributed by atoms with Gasteiger partial charge in [0.05, 0.1) is 6.10 Å². The van der Waals surface area contributed by atoms with Crippen LogP contribution in [0.25, 0.3) is 0 Å². The number of carbonyl (C=O) groups excluding carboxylic acids is 1. The lowest BCUT2D eigenvalue weighted by Crippen LogP contribution is -2.35. The highest BCUT2D eigenvalue weighted by atomic mass is 35.5. The average Bonchev–Trinajstić information content (AvgIpc) is 2.88. The molecule has 1 heterocycles.